The molecule has 0 aliphatic rings. The molecule has 20 heavy (non-hydrogen) atoms. The van der Waals surface area contributed by atoms with Gasteiger partial charge in [0.05, 0.1) is 0 Å². The first kappa shape index (κ1) is 16.5. The van der Waals surface area contributed by atoms with Crippen molar-refractivity contribution in [3.05, 3.63) is 29.8 Å². The number of aromatic carboxylic acids is 1. The summed E-state index contributed by atoms with van der Waals surface area (Å²) in [4.78, 5) is 15.4. The summed E-state index contributed by atoms with van der Waals surface area (Å²) in [7, 11) is 6.17. The zero-order valence-corrected chi connectivity index (χ0v) is 12.5. The fourth-order valence-corrected chi connectivity index (χ4v) is 1.85. The number of hydrogen-bond acceptors (Lipinski definition) is 4. The predicted molar refractivity (Wildman–Crippen MR) is 79.6 cm³/mol. The van der Waals surface area contributed by atoms with E-state index in [2.05, 4.69) is 23.9 Å². The highest BCUT2D eigenvalue weighted by Crippen LogP contribution is 2.17. The summed E-state index contributed by atoms with van der Waals surface area (Å²) in [5.74, 6) is -0.526. The first-order valence-corrected chi connectivity index (χ1v) is 6.79. The Balaban J connectivity index is 2.32. The Morgan fingerprint density at radius 1 is 1.15 bits per heavy atom. The summed E-state index contributed by atoms with van der Waals surface area (Å²) < 4.78 is 5.56. The van der Waals surface area contributed by atoms with Crippen LogP contribution in [-0.2, 0) is 0 Å². The monoisotopic (exact) mass is 280 g/mol. The minimum Gasteiger partial charge on any atom is -0.491 e. The average Bonchev–Trinajstić information content (AvgIpc) is 2.38. The largest absolute Gasteiger partial charge is 0.491 e. The average molecular weight is 280 g/mol. The molecule has 5 nitrogen and oxygen atoms in total. The van der Waals surface area contributed by atoms with Crippen molar-refractivity contribution in [3.8, 4) is 5.75 Å². The van der Waals surface area contributed by atoms with Crippen molar-refractivity contribution in [1.82, 2.24) is 9.80 Å². The lowest BCUT2D eigenvalue weighted by Crippen LogP contribution is -2.27. The van der Waals surface area contributed by atoms with Crippen molar-refractivity contribution < 1.29 is 14.6 Å². The first-order valence-electron chi connectivity index (χ1n) is 6.79. The van der Waals surface area contributed by atoms with Crippen molar-refractivity contribution in [3.63, 3.8) is 0 Å². The van der Waals surface area contributed by atoms with Crippen LogP contribution in [-0.4, -0.2) is 68.3 Å². The standard InChI is InChI=1S/C15H24N2O3/c1-16(2)9-6-10-17(3)11-12-20-14-8-5-4-7-13(14)15(18)19/h4-5,7-8H,6,9-12H2,1-3H3,(H,18,19). The zero-order chi connectivity index (χ0) is 15.0. The highest BCUT2D eigenvalue weighted by molar-refractivity contribution is 5.90. The van der Waals surface area contributed by atoms with Crippen LogP contribution < -0.4 is 4.74 Å². The second-order valence-electron chi connectivity index (χ2n) is 5.11. The second-order valence-corrected chi connectivity index (χ2v) is 5.11. The number of carboxylic acids is 1. The third-order valence-corrected chi connectivity index (χ3v) is 2.99. The quantitative estimate of drug-likeness (QED) is 0.745. The van der Waals surface area contributed by atoms with Crippen molar-refractivity contribution >= 4 is 5.97 Å². The maximum absolute atomic E-state index is 11.0. The SMILES string of the molecule is CN(C)CCCN(C)CCOc1ccccc1C(=O)O. The molecule has 0 atom stereocenters. The second kappa shape index (κ2) is 8.55. The molecule has 0 fully saturated rings. The van der Waals surface area contributed by atoms with Crippen molar-refractivity contribution in [2.24, 2.45) is 0 Å². The highest BCUT2D eigenvalue weighted by Gasteiger charge is 2.10. The molecule has 1 aromatic rings. The number of carboxylic acid groups (broad SMARTS) is 1. The van der Waals surface area contributed by atoms with Gasteiger partial charge in [-0.15, -0.1) is 0 Å². The molecule has 0 aromatic heterocycles. The summed E-state index contributed by atoms with van der Waals surface area (Å²) in [5, 5.41) is 9.05. The Hall–Kier alpha value is -1.59. The number of ether oxygens (including phenoxy) is 1. The minimum absolute atomic E-state index is 0.211. The minimum atomic E-state index is -0.958. The molecule has 5 heteroatoms. The normalized spacial score (nSPS) is 11.1. The first-order chi connectivity index (χ1) is 9.50. The number of likely N-dealkylation sites (N-methyl/N-ethyl adjacent to an activating group) is 1. The summed E-state index contributed by atoms with van der Waals surface area (Å²) in [6.07, 6.45) is 1.11. The topological polar surface area (TPSA) is 53.0 Å². The van der Waals surface area contributed by atoms with E-state index in [0.29, 0.717) is 12.4 Å². The van der Waals surface area contributed by atoms with Crippen molar-refractivity contribution in [1.29, 1.82) is 0 Å². The molecule has 0 heterocycles. The van der Waals surface area contributed by atoms with E-state index in [1.807, 2.05) is 7.05 Å². The molecular formula is C15H24N2O3. The zero-order valence-electron chi connectivity index (χ0n) is 12.5. The van der Waals surface area contributed by atoms with Gasteiger partial charge in [0, 0.05) is 6.54 Å². The van der Waals surface area contributed by atoms with Gasteiger partial charge in [0.2, 0.25) is 0 Å². The number of nitrogens with zero attached hydrogens (tertiary/aromatic N) is 2. The van der Waals surface area contributed by atoms with Crippen LogP contribution in [0.5, 0.6) is 5.75 Å². The predicted octanol–water partition coefficient (Wildman–Crippen LogP) is 1.65. The van der Waals surface area contributed by atoms with E-state index in [-0.39, 0.29) is 5.56 Å². The fourth-order valence-electron chi connectivity index (χ4n) is 1.85. The van der Waals surface area contributed by atoms with Gasteiger partial charge < -0.3 is 19.6 Å². The van der Waals surface area contributed by atoms with Crippen LogP contribution in [0, 0.1) is 0 Å². The lowest BCUT2D eigenvalue weighted by molar-refractivity contribution is 0.0692. The van der Waals surface area contributed by atoms with Crippen molar-refractivity contribution in [2.75, 3.05) is 47.4 Å². The van der Waals surface area contributed by atoms with E-state index in [1.165, 1.54) is 0 Å². The molecule has 0 unspecified atom stereocenters. The van der Waals surface area contributed by atoms with Gasteiger partial charge in [-0.2, -0.15) is 0 Å². The van der Waals surface area contributed by atoms with Crippen LogP contribution in [0.4, 0.5) is 0 Å². The lowest BCUT2D eigenvalue weighted by atomic mass is 10.2. The van der Waals surface area contributed by atoms with E-state index >= 15 is 0 Å². The Bertz CT molecular complexity index is 421. The number of carbonyl (C=O) groups is 1. The smallest absolute Gasteiger partial charge is 0.339 e. The van der Waals surface area contributed by atoms with Crippen LogP contribution in [0.1, 0.15) is 16.8 Å². The molecule has 112 valence electrons. The van der Waals surface area contributed by atoms with Gasteiger partial charge in [-0.3, -0.25) is 0 Å². The van der Waals surface area contributed by atoms with Crippen LogP contribution in [0.25, 0.3) is 0 Å². The molecule has 0 spiro atoms. The van der Waals surface area contributed by atoms with Gasteiger partial charge >= 0.3 is 5.97 Å². The summed E-state index contributed by atoms with van der Waals surface area (Å²) in [6, 6.07) is 6.72. The van der Waals surface area contributed by atoms with Crippen LogP contribution in [0.15, 0.2) is 24.3 Å². The Morgan fingerprint density at radius 3 is 2.50 bits per heavy atom. The van der Waals surface area contributed by atoms with Gasteiger partial charge in [0.25, 0.3) is 0 Å². The van der Waals surface area contributed by atoms with Gasteiger partial charge in [-0.1, -0.05) is 12.1 Å². The van der Waals surface area contributed by atoms with E-state index < -0.39 is 5.97 Å². The van der Waals surface area contributed by atoms with E-state index in [9.17, 15) is 4.79 Å². The number of benzene rings is 1. The third-order valence-electron chi connectivity index (χ3n) is 2.99. The van der Waals surface area contributed by atoms with Crippen LogP contribution >= 0.6 is 0 Å². The van der Waals surface area contributed by atoms with Gasteiger partial charge in [-0.25, -0.2) is 4.79 Å². The van der Waals surface area contributed by atoms with Crippen LogP contribution in [0.3, 0.4) is 0 Å². The van der Waals surface area contributed by atoms with Gasteiger partial charge in [0.15, 0.2) is 0 Å². The van der Waals surface area contributed by atoms with Crippen molar-refractivity contribution in [2.45, 2.75) is 6.42 Å². The maximum atomic E-state index is 11.0. The molecule has 1 rings (SSSR count). The van der Waals surface area contributed by atoms with E-state index in [0.717, 1.165) is 26.1 Å². The molecule has 0 aliphatic heterocycles. The molecular weight excluding hydrogens is 256 g/mol. The molecule has 0 radical (unpaired) electrons. The number of rotatable bonds is 9. The molecule has 0 aliphatic carbocycles. The highest BCUT2D eigenvalue weighted by atomic mass is 16.5. The lowest BCUT2D eigenvalue weighted by Gasteiger charge is -2.18. The Morgan fingerprint density at radius 2 is 1.85 bits per heavy atom. The molecule has 1 N–H and O–H groups in total. The summed E-state index contributed by atoms with van der Waals surface area (Å²) >= 11 is 0. The van der Waals surface area contributed by atoms with E-state index in [4.69, 9.17) is 9.84 Å². The summed E-state index contributed by atoms with van der Waals surface area (Å²) in [5.41, 5.74) is 0.211. The molecule has 0 bridgehead atoms. The Kier molecular flexibility index (Phi) is 7.04. The number of para-hydroxylation sites is 1. The maximum Gasteiger partial charge on any atom is 0.339 e. The molecule has 0 saturated carbocycles. The van der Waals surface area contributed by atoms with Crippen LogP contribution in [0.2, 0.25) is 0 Å². The van der Waals surface area contributed by atoms with Gasteiger partial charge in [-0.05, 0) is 52.8 Å². The molecule has 0 amide bonds. The summed E-state index contributed by atoms with van der Waals surface area (Å²) in [6.45, 7) is 3.33. The third kappa shape index (κ3) is 6.04. The van der Waals surface area contributed by atoms with E-state index in [1.54, 1.807) is 24.3 Å². The molecule has 0 saturated heterocycles. The fraction of sp³-hybridized carbons (Fsp3) is 0.533. The molecule has 1 aromatic carbocycles. The van der Waals surface area contributed by atoms with Gasteiger partial charge in [0.1, 0.15) is 17.9 Å². The Labute approximate surface area is 120 Å². The number of hydrogen-bond donors (Lipinski definition) is 1.